The average Bonchev–Trinajstić information content (AvgIpc) is 3.00. The third kappa shape index (κ3) is 3.32. The maximum Gasteiger partial charge on any atom is 0.333 e. The zero-order valence-corrected chi connectivity index (χ0v) is 13.1. The minimum absolute atomic E-state index is 0. The standard InChI is InChI=1S/C17H28N2O2.H2/c1-21-17(20)14-7-5-9-18-16-13(12-14)6-4-8-15(16)19-10-2-3-11-19;/h7,13,15-16,18H,2-6,8-12H2,1H3;1H/b14-7-;/t13-,15+,16+;/m0./s1. The van der Waals surface area contributed by atoms with Crippen molar-refractivity contribution < 1.29 is 11.0 Å². The van der Waals surface area contributed by atoms with E-state index in [0.717, 1.165) is 25.0 Å². The third-order valence-electron chi connectivity index (χ3n) is 5.45. The van der Waals surface area contributed by atoms with E-state index in [4.69, 9.17) is 4.74 Å². The summed E-state index contributed by atoms with van der Waals surface area (Å²) < 4.78 is 4.95. The number of rotatable bonds is 2. The lowest BCUT2D eigenvalue weighted by Gasteiger charge is -2.44. The van der Waals surface area contributed by atoms with Crippen LogP contribution >= 0.6 is 0 Å². The van der Waals surface area contributed by atoms with E-state index in [1.807, 2.05) is 0 Å². The van der Waals surface area contributed by atoms with Gasteiger partial charge in [0.1, 0.15) is 0 Å². The predicted octanol–water partition coefficient (Wildman–Crippen LogP) is 2.35. The Hall–Kier alpha value is -0.870. The summed E-state index contributed by atoms with van der Waals surface area (Å²) in [5.41, 5.74) is 0.899. The number of ether oxygens (including phenoxy) is 1. The number of carbonyl (C=O) groups is 1. The fourth-order valence-electron chi connectivity index (χ4n) is 4.44. The molecule has 21 heavy (non-hydrogen) atoms. The first-order valence-electron chi connectivity index (χ1n) is 8.54. The number of hydrogen-bond acceptors (Lipinski definition) is 4. The van der Waals surface area contributed by atoms with E-state index < -0.39 is 0 Å². The van der Waals surface area contributed by atoms with E-state index in [0.29, 0.717) is 18.0 Å². The SMILES string of the molecule is COC(=O)/C1=C\CCN[C@@H]2[C@@H](CCC[C@H]2N2CCCC2)C1.[HH]. The van der Waals surface area contributed by atoms with Crippen LogP contribution in [-0.4, -0.2) is 49.7 Å². The Kier molecular flexibility index (Phi) is 4.96. The van der Waals surface area contributed by atoms with Gasteiger partial charge in [-0.2, -0.15) is 0 Å². The number of fused-ring (bicyclic) bond motifs is 1. The molecule has 3 aliphatic rings. The summed E-state index contributed by atoms with van der Waals surface area (Å²) in [5, 5.41) is 3.79. The zero-order valence-electron chi connectivity index (χ0n) is 13.1. The molecule has 0 bridgehead atoms. The Morgan fingerprint density at radius 2 is 2.14 bits per heavy atom. The predicted molar refractivity (Wildman–Crippen MR) is 85.2 cm³/mol. The first-order chi connectivity index (χ1) is 10.3. The summed E-state index contributed by atoms with van der Waals surface area (Å²) in [6.07, 6.45) is 10.4. The van der Waals surface area contributed by atoms with Crippen molar-refractivity contribution in [3.8, 4) is 0 Å². The van der Waals surface area contributed by atoms with Gasteiger partial charge in [-0.25, -0.2) is 4.79 Å². The number of methoxy groups -OCH3 is 1. The molecule has 0 amide bonds. The number of nitrogens with one attached hydrogen (secondary N) is 1. The van der Waals surface area contributed by atoms with Gasteiger partial charge in [0.25, 0.3) is 0 Å². The molecule has 4 heteroatoms. The van der Waals surface area contributed by atoms with Crippen molar-refractivity contribution in [2.45, 2.75) is 57.0 Å². The lowest BCUT2D eigenvalue weighted by molar-refractivity contribution is -0.136. The molecule has 1 saturated heterocycles. The van der Waals surface area contributed by atoms with Gasteiger partial charge in [-0.05, 0) is 64.1 Å². The smallest absolute Gasteiger partial charge is 0.333 e. The van der Waals surface area contributed by atoms with Gasteiger partial charge in [-0.1, -0.05) is 12.5 Å². The highest BCUT2D eigenvalue weighted by Crippen LogP contribution is 2.34. The number of esters is 1. The first kappa shape index (κ1) is 15.0. The Bertz CT molecular complexity index is 407. The van der Waals surface area contributed by atoms with E-state index in [1.54, 1.807) is 0 Å². The normalized spacial score (nSPS) is 37.0. The second kappa shape index (κ2) is 6.93. The van der Waals surface area contributed by atoms with E-state index in [-0.39, 0.29) is 7.40 Å². The van der Waals surface area contributed by atoms with Crippen LogP contribution in [0.3, 0.4) is 0 Å². The lowest BCUT2D eigenvalue weighted by atomic mass is 9.76. The maximum atomic E-state index is 11.9. The minimum Gasteiger partial charge on any atom is -0.466 e. The summed E-state index contributed by atoms with van der Waals surface area (Å²) >= 11 is 0. The van der Waals surface area contributed by atoms with Crippen molar-refractivity contribution in [2.24, 2.45) is 5.92 Å². The molecule has 4 nitrogen and oxygen atoms in total. The molecule has 3 atom stereocenters. The van der Waals surface area contributed by atoms with Crippen LogP contribution in [-0.2, 0) is 9.53 Å². The molecule has 2 heterocycles. The molecule has 0 aromatic heterocycles. The molecule has 0 unspecified atom stereocenters. The third-order valence-corrected chi connectivity index (χ3v) is 5.45. The van der Waals surface area contributed by atoms with E-state index in [9.17, 15) is 4.79 Å². The molecule has 0 spiro atoms. The van der Waals surface area contributed by atoms with Crippen LogP contribution in [0.4, 0.5) is 0 Å². The summed E-state index contributed by atoms with van der Waals surface area (Å²) in [6.45, 7) is 3.50. The molecular formula is C17H30N2O2. The van der Waals surface area contributed by atoms with Crippen LogP contribution in [0, 0.1) is 5.92 Å². The Balaban J connectivity index is 0.00000176. The van der Waals surface area contributed by atoms with Crippen molar-refractivity contribution in [1.82, 2.24) is 10.2 Å². The molecule has 0 aromatic rings. The number of carbonyl (C=O) groups excluding carboxylic acids is 1. The molecule has 1 N–H and O–H groups in total. The molecule has 2 fully saturated rings. The summed E-state index contributed by atoms with van der Waals surface area (Å²) in [6, 6.07) is 1.22. The summed E-state index contributed by atoms with van der Waals surface area (Å²) in [5.74, 6) is 0.453. The molecule has 2 aliphatic heterocycles. The van der Waals surface area contributed by atoms with Crippen molar-refractivity contribution >= 4 is 5.97 Å². The van der Waals surface area contributed by atoms with Crippen molar-refractivity contribution in [1.29, 1.82) is 0 Å². The quantitative estimate of drug-likeness (QED) is 0.794. The van der Waals surface area contributed by atoms with Crippen LogP contribution in [0.15, 0.2) is 11.6 Å². The highest BCUT2D eigenvalue weighted by atomic mass is 16.5. The Morgan fingerprint density at radius 3 is 2.90 bits per heavy atom. The molecule has 1 saturated carbocycles. The van der Waals surface area contributed by atoms with Gasteiger partial charge < -0.3 is 10.1 Å². The largest absolute Gasteiger partial charge is 0.466 e. The molecule has 1 aliphatic carbocycles. The molecule has 3 rings (SSSR count). The maximum absolute atomic E-state index is 11.9. The van der Waals surface area contributed by atoms with Gasteiger partial charge in [0.15, 0.2) is 0 Å². The number of hydrogen-bond donors (Lipinski definition) is 1. The monoisotopic (exact) mass is 294 g/mol. The molecule has 0 radical (unpaired) electrons. The van der Waals surface area contributed by atoms with Gasteiger partial charge in [0.05, 0.1) is 7.11 Å². The topological polar surface area (TPSA) is 41.6 Å². The highest BCUT2D eigenvalue weighted by Gasteiger charge is 2.38. The van der Waals surface area contributed by atoms with Crippen LogP contribution in [0.5, 0.6) is 0 Å². The number of nitrogens with zero attached hydrogens (tertiary/aromatic N) is 1. The molecular weight excluding hydrogens is 264 g/mol. The van der Waals surface area contributed by atoms with Crippen molar-refractivity contribution in [3.05, 3.63) is 11.6 Å². The second-order valence-electron chi connectivity index (χ2n) is 6.70. The van der Waals surface area contributed by atoms with Gasteiger partial charge in [0.2, 0.25) is 0 Å². The fraction of sp³-hybridized carbons (Fsp3) is 0.824. The minimum atomic E-state index is -0.126. The van der Waals surface area contributed by atoms with Crippen LogP contribution in [0.2, 0.25) is 0 Å². The van der Waals surface area contributed by atoms with Crippen LogP contribution in [0.1, 0.15) is 46.4 Å². The Labute approximate surface area is 129 Å². The fourth-order valence-corrected chi connectivity index (χ4v) is 4.44. The van der Waals surface area contributed by atoms with Crippen molar-refractivity contribution in [2.75, 3.05) is 26.7 Å². The van der Waals surface area contributed by atoms with Gasteiger partial charge in [-0.15, -0.1) is 0 Å². The van der Waals surface area contributed by atoms with Gasteiger partial charge >= 0.3 is 5.97 Å². The Morgan fingerprint density at radius 1 is 1.33 bits per heavy atom. The lowest BCUT2D eigenvalue weighted by Crippen LogP contribution is -2.55. The van der Waals surface area contributed by atoms with E-state index >= 15 is 0 Å². The average molecular weight is 294 g/mol. The van der Waals surface area contributed by atoms with Crippen LogP contribution < -0.4 is 5.32 Å². The van der Waals surface area contributed by atoms with Crippen molar-refractivity contribution in [3.63, 3.8) is 0 Å². The highest BCUT2D eigenvalue weighted by molar-refractivity contribution is 5.88. The first-order valence-corrected chi connectivity index (χ1v) is 8.54. The number of likely N-dealkylation sites (tertiary alicyclic amines) is 1. The van der Waals surface area contributed by atoms with Crippen LogP contribution in [0.25, 0.3) is 0 Å². The second-order valence-corrected chi connectivity index (χ2v) is 6.70. The zero-order chi connectivity index (χ0) is 14.7. The molecule has 0 aromatic carbocycles. The summed E-state index contributed by atoms with van der Waals surface area (Å²) in [4.78, 5) is 14.6. The van der Waals surface area contributed by atoms with E-state index in [2.05, 4.69) is 16.3 Å². The van der Waals surface area contributed by atoms with E-state index in [1.165, 1.54) is 52.3 Å². The summed E-state index contributed by atoms with van der Waals surface area (Å²) in [7, 11) is 1.49. The van der Waals surface area contributed by atoms with Gasteiger partial charge in [0, 0.05) is 19.1 Å². The molecule has 120 valence electrons. The van der Waals surface area contributed by atoms with Gasteiger partial charge in [-0.3, -0.25) is 4.90 Å².